The van der Waals surface area contributed by atoms with Gasteiger partial charge in [-0.2, -0.15) is 0 Å². The highest BCUT2D eigenvalue weighted by Crippen LogP contribution is 2.33. The molecule has 0 radical (unpaired) electrons. The Balaban J connectivity index is 1.20. The lowest BCUT2D eigenvalue weighted by Crippen LogP contribution is -1.96. The largest absolute Gasteiger partial charge is 0.399 e. The minimum Gasteiger partial charge on any atom is -0.399 e. The molecule has 0 amide bonds. The minimum atomic E-state index is 0.708. The van der Waals surface area contributed by atoms with E-state index < -0.39 is 0 Å². The summed E-state index contributed by atoms with van der Waals surface area (Å²) in [4.78, 5) is 28.7. The zero-order chi connectivity index (χ0) is 33.9. The van der Waals surface area contributed by atoms with E-state index in [1.807, 2.05) is 146 Å². The third-order valence-corrected chi connectivity index (χ3v) is 8.37. The molecule has 0 bridgehead atoms. The molecule has 0 saturated heterocycles. The molecule has 6 aromatic heterocycles. The topological polar surface area (TPSA) is 129 Å². The molecule has 6 heterocycles. The number of nitrogen functional groups attached to an aromatic ring is 2. The molecule has 0 saturated carbocycles. The van der Waals surface area contributed by atoms with Crippen molar-refractivity contribution in [1.82, 2.24) is 29.9 Å². The summed E-state index contributed by atoms with van der Waals surface area (Å²) in [6.45, 7) is 0. The first-order chi connectivity index (χ1) is 24.6. The van der Waals surface area contributed by atoms with Crippen LogP contribution < -0.4 is 11.5 Å². The number of rotatable bonds is 7. The van der Waals surface area contributed by atoms with Crippen molar-refractivity contribution in [3.05, 3.63) is 158 Å². The Labute approximate surface area is 289 Å². The molecule has 8 nitrogen and oxygen atoms in total. The van der Waals surface area contributed by atoms with Crippen LogP contribution in [0.3, 0.4) is 0 Å². The summed E-state index contributed by atoms with van der Waals surface area (Å²) in [7, 11) is 0. The lowest BCUT2D eigenvalue weighted by Gasteiger charge is -2.12. The van der Waals surface area contributed by atoms with Crippen molar-refractivity contribution < 1.29 is 0 Å². The zero-order valence-electron chi connectivity index (χ0n) is 26.8. The lowest BCUT2D eigenvalue weighted by molar-refractivity contribution is 1.21. The van der Waals surface area contributed by atoms with Crippen molar-refractivity contribution in [2.24, 2.45) is 0 Å². The molecule has 50 heavy (non-hydrogen) atoms. The van der Waals surface area contributed by atoms with Gasteiger partial charge in [0.15, 0.2) is 0 Å². The van der Waals surface area contributed by atoms with Gasteiger partial charge in [0, 0.05) is 36.2 Å². The van der Waals surface area contributed by atoms with Crippen LogP contribution in [0.15, 0.2) is 158 Å². The Hall–Kier alpha value is -7.06. The van der Waals surface area contributed by atoms with Gasteiger partial charge in [0.1, 0.15) is 0 Å². The van der Waals surface area contributed by atoms with Crippen molar-refractivity contribution in [1.29, 1.82) is 0 Å². The Morgan fingerprint density at radius 1 is 0.280 bits per heavy atom. The van der Waals surface area contributed by atoms with Crippen LogP contribution >= 0.6 is 0 Å². The summed E-state index contributed by atoms with van der Waals surface area (Å²) in [5.41, 5.74) is 25.4. The molecule has 0 atom stereocenters. The van der Waals surface area contributed by atoms with Gasteiger partial charge in [0.05, 0.1) is 45.6 Å². The fraction of sp³-hybridized carbons (Fsp3) is 0. The van der Waals surface area contributed by atoms with Crippen LogP contribution in [0.4, 0.5) is 11.4 Å². The van der Waals surface area contributed by atoms with Crippen LogP contribution in [0.25, 0.3) is 78.9 Å². The van der Waals surface area contributed by atoms with Gasteiger partial charge in [0.25, 0.3) is 0 Å². The molecule has 8 rings (SSSR count). The number of aromatic nitrogens is 6. The van der Waals surface area contributed by atoms with E-state index in [2.05, 4.69) is 9.97 Å². The highest BCUT2D eigenvalue weighted by atomic mass is 14.8. The van der Waals surface area contributed by atoms with Crippen molar-refractivity contribution in [3.63, 3.8) is 0 Å². The quantitative estimate of drug-likeness (QED) is 0.164. The Kier molecular flexibility index (Phi) is 8.00. The van der Waals surface area contributed by atoms with Crippen LogP contribution in [0.2, 0.25) is 0 Å². The number of benzene rings is 2. The number of nitrogens with two attached hydrogens (primary N) is 2. The average Bonchev–Trinajstić information content (AvgIpc) is 3.19. The molecule has 8 aromatic rings. The van der Waals surface area contributed by atoms with Crippen molar-refractivity contribution in [2.75, 3.05) is 11.5 Å². The predicted molar refractivity (Wildman–Crippen MR) is 200 cm³/mol. The molecule has 0 unspecified atom stereocenters. The van der Waals surface area contributed by atoms with Crippen LogP contribution in [0.5, 0.6) is 0 Å². The van der Waals surface area contributed by atoms with Gasteiger partial charge in [-0.3, -0.25) is 19.9 Å². The molecule has 4 N–H and O–H groups in total. The second-order valence-electron chi connectivity index (χ2n) is 11.8. The van der Waals surface area contributed by atoms with E-state index in [9.17, 15) is 0 Å². The number of nitrogens with zero attached hydrogens (tertiary/aromatic N) is 6. The van der Waals surface area contributed by atoms with Gasteiger partial charge >= 0.3 is 0 Å². The van der Waals surface area contributed by atoms with E-state index in [1.165, 1.54) is 0 Å². The second kappa shape index (κ2) is 13.2. The summed E-state index contributed by atoms with van der Waals surface area (Å²) in [6, 6.07) is 43.5. The molecule has 0 aliphatic rings. The van der Waals surface area contributed by atoms with Crippen LogP contribution in [0, 0.1) is 0 Å². The van der Waals surface area contributed by atoms with Gasteiger partial charge in [-0.1, -0.05) is 36.4 Å². The molecule has 0 aliphatic heterocycles. The maximum Gasteiger partial charge on any atom is 0.0900 e. The van der Waals surface area contributed by atoms with Gasteiger partial charge in [-0.25, -0.2) is 9.97 Å². The average molecular weight is 647 g/mol. The molecule has 2 aromatic carbocycles. The zero-order valence-corrected chi connectivity index (χ0v) is 26.8. The molecule has 0 spiro atoms. The normalized spacial score (nSPS) is 11.0. The lowest BCUT2D eigenvalue weighted by atomic mass is 10.00. The van der Waals surface area contributed by atoms with Gasteiger partial charge in [-0.15, -0.1) is 0 Å². The van der Waals surface area contributed by atoms with E-state index in [-0.39, 0.29) is 0 Å². The number of hydrogen-bond donors (Lipinski definition) is 2. The fourth-order valence-corrected chi connectivity index (χ4v) is 5.80. The Morgan fingerprint density at radius 2 is 0.640 bits per heavy atom. The summed E-state index contributed by atoms with van der Waals surface area (Å²) < 4.78 is 0. The second-order valence-corrected chi connectivity index (χ2v) is 11.8. The third-order valence-electron chi connectivity index (χ3n) is 8.37. The third kappa shape index (κ3) is 6.41. The molecule has 0 fully saturated rings. The molecule has 238 valence electrons. The van der Waals surface area contributed by atoms with Gasteiger partial charge in [0.2, 0.25) is 0 Å². The molecular formula is C42H30N8. The SMILES string of the molecule is Nc1ccc(-c2cc(-c3ccccn3)nc(-c3cc(-c4ccnc(-c5cc(-c6ccc(N)cc6)cc(-c6ccccn6)n5)c4)ccn3)c2)cc1. The van der Waals surface area contributed by atoms with Crippen LogP contribution in [-0.2, 0) is 0 Å². The monoisotopic (exact) mass is 646 g/mol. The highest BCUT2D eigenvalue weighted by molar-refractivity contribution is 5.79. The Bertz CT molecular complexity index is 2260. The highest BCUT2D eigenvalue weighted by Gasteiger charge is 2.14. The van der Waals surface area contributed by atoms with Crippen molar-refractivity contribution >= 4 is 11.4 Å². The first kappa shape index (κ1) is 30.3. The fourth-order valence-electron chi connectivity index (χ4n) is 5.80. The van der Waals surface area contributed by atoms with E-state index in [0.29, 0.717) is 11.4 Å². The van der Waals surface area contributed by atoms with Crippen LogP contribution in [-0.4, -0.2) is 29.9 Å². The van der Waals surface area contributed by atoms with E-state index in [0.717, 1.165) is 78.9 Å². The standard InChI is InChI=1S/C42H30N8/c43-33-11-7-27(8-12-33)31-23-39(35-5-1-3-17-45-35)49-41(25-31)37-21-29(15-19-47-37)30-16-20-48-38(22-30)42-26-32(28-9-13-34(44)14-10-28)24-40(50-42)36-6-2-4-18-46-36/h1-26H,43-44H2. The van der Waals surface area contributed by atoms with E-state index in [4.69, 9.17) is 31.4 Å². The summed E-state index contributed by atoms with van der Waals surface area (Å²) in [5.74, 6) is 0. The van der Waals surface area contributed by atoms with Crippen molar-refractivity contribution in [2.45, 2.75) is 0 Å². The minimum absolute atomic E-state index is 0.708. The Morgan fingerprint density at radius 3 is 1.02 bits per heavy atom. The summed E-state index contributed by atoms with van der Waals surface area (Å²) >= 11 is 0. The van der Waals surface area contributed by atoms with E-state index in [1.54, 1.807) is 12.4 Å². The molecule has 8 heteroatoms. The predicted octanol–water partition coefficient (Wildman–Crippen LogP) is 8.89. The number of hydrogen-bond acceptors (Lipinski definition) is 8. The number of anilines is 2. The maximum atomic E-state index is 5.99. The summed E-state index contributed by atoms with van der Waals surface area (Å²) in [5, 5.41) is 0. The van der Waals surface area contributed by atoms with E-state index >= 15 is 0 Å². The molecule has 0 aliphatic carbocycles. The first-order valence-electron chi connectivity index (χ1n) is 16.1. The van der Waals surface area contributed by atoms with Crippen molar-refractivity contribution in [3.8, 4) is 78.9 Å². The molecular weight excluding hydrogens is 617 g/mol. The number of pyridine rings is 6. The van der Waals surface area contributed by atoms with Gasteiger partial charge < -0.3 is 11.5 Å². The van der Waals surface area contributed by atoms with Gasteiger partial charge in [-0.05, 0) is 130 Å². The van der Waals surface area contributed by atoms with Crippen LogP contribution in [0.1, 0.15) is 0 Å². The maximum absolute atomic E-state index is 5.99. The smallest absolute Gasteiger partial charge is 0.0900 e. The first-order valence-corrected chi connectivity index (χ1v) is 16.1. The summed E-state index contributed by atoms with van der Waals surface area (Å²) in [6.07, 6.45) is 7.15.